The molecule has 0 fully saturated rings. The molecular formula is C9H14IN. The zero-order valence-corrected chi connectivity index (χ0v) is 9.37. The fraction of sp³-hybridized carbons (Fsp3) is 0.333. The molecule has 0 aromatic heterocycles. The lowest BCUT2D eigenvalue weighted by Crippen LogP contribution is -2.07. The van der Waals surface area contributed by atoms with E-state index in [-0.39, 0.29) is 0 Å². The first kappa shape index (κ1) is 10.8. The van der Waals surface area contributed by atoms with Gasteiger partial charge in [-0.1, -0.05) is 40.8 Å². The average Bonchev–Trinajstić information content (AvgIpc) is 2.10. The molecule has 0 atom stereocenters. The van der Waals surface area contributed by atoms with Crippen LogP contribution in [-0.2, 0) is 0 Å². The summed E-state index contributed by atoms with van der Waals surface area (Å²) >= 11 is 2.15. The summed E-state index contributed by atoms with van der Waals surface area (Å²) in [7, 11) is 4.07. The van der Waals surface area contributed by atoms with Crippen LogP contribution in [0.1, 0.15) is 0 Å². The third kappa shape index (κ3) is 4.24. The number of benzene rings is 1. The van der Waals surface area contributed by atoms with Gasteiger partial charge < -0.3 is 4.90 Å². The number of hydrogen-bond donors (Lipinski definition) is 0. The number of hydrogen-bond acceptors (Lipinski definition) is 1. The summed E-state index contributed by atoms with van der Waals surface area (Å²) in [6.45, 7) is 0. The van der Waals surface area contributed by atoms with Crippen LogP contribution in [0.15, 0.2) is 30.3 Å². The molecule has 0 saturated heterocycles. The molecule has 1 aromatic rings. The van der Waals surface area contributed by atoms with Crippen LogP contribution in [0.3, 0.4) is 0 Å². The molecule has 0 N–H and O–H groups in total. The molecule has 0 spiro atoms. The van der Waals surface area contributed by atoms with Gasteiger partial charge in [0, 0.05) is 19.8 Å². The molecule has 0 saturated carbocycles. The van der Waals surface area contributed by atoms with Gasteiger partial charge in [-0.05, 0) is 17.1 Å². The van der Waals surface area contributed by atoms with E-state index < -0.39 is 0 Å². The summed E-state index contributed by atoms with van der Waals surface area (Å²) < 4.78 is 0. The van der Waals surface area contributed by atoms with Gasteiger partial charge in [-0.2, -0.15) is 0 Å². The second-order valence-electron chi connectivity index (χ2n) is 2.23. The molecule has 1 rings (SSSR count). The van der Waals surface area contributed by atoms with E-state index in [2.05, 4.69) is 39.6 Å². The van der Waals surface area contributed by atoms with Gasteiger partial charge in [0.2, 0.25) is 0 Å². The summed E-state index contributed by atoms with van der Waals surface area (Å²) in [4.78, 5) is 4.05. The lowest BCUT2D eigenvalue weighted by molar-refractivity contribution is 1.13. The van der Waals surface area contributed by atoms with Crippen molar-refractivity contribution in [3.8, 4) is 0 Å². The Labute approximate surface area is 82.6 Å². The topological polar surface area (TPSA) is 3.24 Å². The fourth-order valence-corrected chi connectivity index (χ4v) is 0.726. The number of para-hydroxylation sites is 1. The maximum atomic E-state index is 2.15. The van der Waals surface area contributed by atoms with E-state index in [9.17, 15) is 0 Å². The maximum absolute atomic E-state index is 2.15. The molecule has 0 heterocycles. The van der Waals surface area contributed by atoms with E-state index in [0.717, 1.165) is 0 Å². The first-order chi connectivity index (χ1) is 5.30. The van der Waals surface area contributed by atoms with Crippen molar-refractivity contribution < 1.29 is 0 Å². The Hall–Kier alpha value is -0.250. The van der Waals surface area contributed by atoms with Gasteiger partial charge in [-0.15, -0.1) is 0 Å². The summed E-state index contributed by atoms with van der Waals surface area (Å²) in [6.07, 6.45) is 0. The lowest BCUT2D eigenvalue weighted by Gasteiger charge is -2.10. The average molecular weight is 263 g/mol. The highest BCUT2D eigenvalue weighted by molar-refractivity contribution is 14.1. The highest BCUT2D eigenvalue weighted by Crippen LogP contribution is 2.07. The minimum atomic E-state index is 1.25. The maximum Gasteiger partial charge on any atom is 0.0360 e. The first-order valence-corrected chi connectivity index (χ1v) is 5.56. The van der Waals surface area contributed by atoms with Crippen molar-refractivity contribution in [1.29, 1.82) is 0 Å². The Morgan fingerprint density at radius 1 is 1.00 bits per heavy atom. The zero-order valence-electron chi connectivity index (χ0n) is 7.21. The first-order valence-electron chi connectivity index (χ1n) is 3.41. The van der Waals surface area contributed by atoms with Gasteiger partial charge in [0.25, 0.3) is 0 Å². The highest BCUT2D eigenvalue weighted by Gasteiger charge is 1.87. The molecule has 0 aliphatic heterocycles. The minimum absolute atomic E-state index is 1.25. The van der Waals surface area contributed by atoms with Crippen molar-refractivity contribution in [2.75, 3.05) is 23.9 Å². The van der Waals surface area contributed by atoms with Crippen LogP contribution in [-0.4, -0.2) is 19.0 Å². The van der Waals surface area contributed by atoms with Crippen LogP contribution in [0.5, 0.6) is 0 Å². The fourth-order valence-electron chi connectivity index (χ4n) is 0.726. The molecule has 0 aliphatic rings. The van der Waals surface area contributed by atoms with Crippen molar-refractivity contribution in [3.63, 3.8) is 0 Å². The molecule has 1 nitrogen and oxygen atoms in total. The van der Waals surface area contributed by atoms with Gasteiger partial charge >= 0.3 is 0 Å². The summed E-state index contributed by atoms with van der Waals surface area (Å²) in [6, 6.07) is 10.3. The van der Waals surface area contributed by atoms with Gasteiger partial charge in [-0.3, -0.25) is 0 Å². The number of rotatable bonds is 1. The quantitative estimate of drug-likeness (QED) is 0.556. The largest absolute Gasteiger partial charge is 0.378 e. The Morgan fingerprint density at radius 3 is 1.73 bits per heavy atom. The molecule has 0 amide bonds. The van der Waals surface area contributed by atoms with E-state index in [1.165, 1.54) is 5.69 Å². The molecule has 0 radical (unpaired) electrons. The second kappa shape index (κ2) is 6.46. The summed E-state index contributed by atoms with van der Waals surface area (Å²) in [5, 5.41) is 0. The molecule has 1 aromatic carbocycles. The van der Waals surface area contributed by atoms with Crippen molar-refractivity contribution >= 4 is 28.3 Å². The number of anilines is 1. The van der Waals surface area contributed by atoms with E-state index in [4.69, 9.17) is 0 Å². The van der Waals surface area contributed by atoms with Crippen molar-refractivity contribution in [2.24, 2.45) is 0 Å². The van der Waals surface area contributed by atoms with E-state index in [1.807, 2.05) is 37.2 Å². The number of alkyl halides is 1. The Morgan fingerprint density at radius 2 is 1.45 bits per heavy atom. The van der Waals surface area contributed by atoms with Crippen LogP contribution in [0.4, 0.5) is 5.69 Å². The second-order valence-corrected chi connectivity index (χ2v) is 2.23. The third-order valence-corrected chi connectivity index (χ3v) is 1.27. The van der Waals surface area contributed by atoms with Crippen molar-refractivity contribution in [2.45, 2.75) is 0 Å². The number of halogens is 1. The predicted octanol–water partition coefficient (Wildman–Crippen LogP) is 2.80. The van der Waals surface area contributed by atoms with E-state index >= 15 is 0 Å². The molecule has 0 unspecified atom stereocenters. The van der Waals surface area contributed by atoms with Crippen LogP contribution in [0.25, 0.3) is 0 Å². The van der Waals surface area contributed by atoms with Gasteiger partial charge in [0.05, 0.1) is 0 Å². The smallest absolute Gasteiger partial charge is 0.0360 e. The minimum Gasteiger partial charge on any atom is -0.378 e. The molecular weight excluding hydrogens is 249 g/mol. The van der Waals surface area contributed by atoms with Crippen molar-refractivity contribution in [1.82, 2.24) is 0 Å². The Bertz CT molecular complexity index is 172. The van der Waals surface area contributed by atoms with Crippen molar-refractivity contribution in [3.05, 3.63) is 30.3 Å². The Kier molecular flexibility index (Phi) is 6.31. The van der Waals surface area contributed by atoms with E-state index in [1.54, 1.807) is 0 Å². The van der Waals surface area contributed by atoms with Crippen LogP contribution in [0, 0.1) is 0 Å². The highest BCUT2D eigenvalue weighted by atomic mass is 127. The van der Waals surface area contributed by atoms with E-state index in [0.29, 0.717) is 0 Å². The number of nitrogens with zero attached hydrogens (tertiary/aromatic N) is 1. The normalized spacial score (nSPS) is 8.00. The SMILES string of the molecule is CI.CN(C)c1ccccc1. The molecule has 2 heteroatoms. The van der Waals surface area contributed by atoms with Crippen LogP contribution >= 0.6 is 22.6 Å². The summed E-state index contributed by atoms with van der Waals surface area (Å²) in [5.41, 5.74) is 1.25. The predicted molar refractivity (Wildman–Crippen MR) is 60.7 cm³/mol. The van der Waals surface area contributed by atoms with Gasteiger partial charge in [0.1, 0.15) is 0 Å². The lowest BCUT2D eigenvalue weighted by atomic mass is 10.3. The monoisotopic (exact) mass is 263 g/mol. The summed E-state index contributed by atoms with van der Waals surface area (Å²) in [5.74, 6) is 0. The zero-order chi connectivity index (χ0) is 8.69. The van der Waals surface area contributed by atoms with Gasteiger partial charge in [-0.25, -0.2) is 0 Å². The Balaban J connectivity index is 0.000000461. The third-order valence-electron chi connectivity index (χ3n) is 1.27. The molecule has 11 heavy (non-hydrogen) atoms. The molecule has 62 valence electrons. The molecule has 0 aliphatic carbocycles. The van der Waals surface area contributed by atoms with Crippen LogP contribution in [0.2, 0.25) is 0 Å². The molecule has 0 bridgehead atoms. The van der Waals surface area contributed by atoms with Gasteiger partial charge in [0.15, 0.2) is 0 Å². The standard InChI is InChI=1S/C8H11N.CH3I/c1-9(2)8-6-4-3-5-7-8;1-2/h3-7H,1-2H3;1H3. The van der Waals surface area contributed by atoms with Crippen LogP contribution < -0.4 is 4.90 Å².